The number of benzene rings is 1. The van der Waals surface area contributed by atoms with Crippen LogP contribution in [0.2, 0.25) is 0 Å². The van der Waals surface area contributed by atoms with Crippen LogP contribution in [0.3, 0.4) is 0 Å². The number of thiocarbonyl (C=S) groups is 1. The van der Waals surface area contributed by atoms with Gasteiger partial charge in [0.1, 0.15) is 5.75 Å². The average Bonchev–Trinajstić information content (AvgIpc) is 2.75. The molecule has 3 fully saturated rings. The highest BCUT2D eigenvalue weighted by molar-refractivity contribution is 7.80. The summed E-state index contributed by atoms with van der Waals surface area (Å²) >= 11 is 5.91. The first kappa shape index (κ1) is 19.4. The Morgan fingerprint density at radius 3 is 2.86 bits per heavy atom. The van der Waals surface area contributed by atoms with Crippen LogP contribution < -0.4 is 10.1 Å². The van der Waals surface area contributed by atoms with Crippen LogP contribution in [0.1, 0.15) is 45.4 Å². The van der Waals surface area contributed by atoms with E-state index in [1.165, 1.54) is 51.6 Å². The third-order valence-electron chi connectivity index (χ3n) is 7.33. The second-order valence-electron chi connectivity index (χ2n) is 9.09. The molecule has 5 heteroatoms. The summed E-state index contributed by atoms with van der Waals surface area (Å²) in [6.07, 6.45) is 10.7. The maximum absolute atomic E-state index is 5.91. The fraction of sp³-hybridized carbons (Fsp3) is 0.625. The Bertz CT molecular complexity index is 777. The fourth-order valence-corrected chi connectivity index (χ4v) is 6.52. The Hall–Kier alpha value is -1.59. The lowest BCUT2D eigenvalue weighted by Gasteiger charge is -2.55. The summed E-state index contributed by atoms with van der Waals surface area (Å²) in [6, 6.07) is 9.45. The molecule has 29 heavy (non-hydrogen) atoms. The standard InChI is InChI=1S/C24H33N3OS/c1-2-28-21-10-8-20(9-11-21)25-24(29)27-13-5-6-17-14-18-15-19(23(17)27)16-26-12-4-3-7-22(18)26/h8-11,14,18-19,22-23H,2-7,12-13,15-16H2,1H3,(H,25,29)/t18?,19?,22-,23-/m1/s1. The number of ether oxygens (including phenoxy) is 1. The molecular weight excluding hydrogens is 378 g/mol. The van der Waals surface area contributed by atoms with Gasteiger partial charge in [-0.05, 0) is 93.9 Å². The Morgan fingerprint density at radius 1 is 1.17 bits per heavy atom. The van der Waals surface area contributed by atoms with Gasteiger partial charge in [0.2, 0.25) is 0 Å². The van der Waals surface area contributed by atoms with Crippen LogP contribution in [0.5, 0.6) is 5.75 Å². The first-order chi connectivity index (χ1) is 14.2. The average molecular weight is 412 g/mol. The lowest BCUT2D eigenvalue weighted by Crippen LogP contribution is -2.60. The molecule has 5 rings (SSSR count). The molecule has 1 aliphatic carbocycles. The van der Waals surface area contributed by atoms with E-state index in [9.17, 15) is 0 Å². The minimum absolute atomic E-state index is 0.491. The van der Waals surface area contributed by atoms with Gasteiger partial charge in [-0.25, -0.2) is 0 Å². The normalized spacial score (nSPS) is 31.3. The second-order valence-corrected chi connectivity index (χ2v) is 9.48. The monoisotopic (exact) mass is 411 g/mol. The van der Waals surface area contributed by atoms with Gasteiger partial charge < -0.3 is 15.0 Å². The quantitative estimate of drug-likeness (QED) is 0.576. The third-order valence-corrected chi connectivity index (χ3v) is 7.67. The largest absolute Gasteiger partial charge is 0.494 e. The molecule has 2 bridgehead atoms. The van der Waals surface area contributed by atoms with Crippen molar-refractivity contribution in [1.82, 2.24) is 9.80 Å². The van der Waals surface area contributed by atoms with Crippen molar-refractivity contribution < 1.29 is 4.74 Å². The van der Waals surface area contributed by atoms with Crippen LogP contribution in [-0.2, 0) is 0 Å². The first-order valence-electron chi connectivity index (χ1n) is 11.5. The zero-order chi connectivity index (χ0) is 19.8. The summed E-state index contributed by atoms with van der Waals surface area (Å²) in [6.45, 7) is 6.31. The molecule has 3 aliphatic heterocycles. The SMILES string of the molecule is CCOc1ccc(NC(=S)N2CCCC3=CC4CC(CN5CCCC[C@H]45)[C@@H]32)cc1. The molecule has 0 radical (unpaired) electrons. The number of fused-ring (bicyclic) bond motifs is 6. The maximum Gasteiger partial charge on any atom is 0.173 e. The lowest BCUT2D eigenvalue weighted by atomic mass is 9.68. The van der Waals surface area contributed by atoms with Gasteiger partial charge in [-0.15, -0.1) is 0 Å². The van der Waals surface area contributed by atoms with E-state index in [0.717, 1.165) is 41.0 Å². The molecule has 4 atom stereocenters. The van der Waals surface area contributed by atoms with Crippen molar-refractivity contribution in [2.24, 2.45) is 11.8 Å². The summed E-state index contributed by atoms with van der Waals surface area (Å²) < 4.78 is 5.56. The van der Waals surface area contributed by atoms with Gasteiger partial charge in [0, 0.05) is 24.8 Å². The number of nitrogens with zero attached hydrogens (tertiary/aromatic N) is 2. The Morgan fingerprint density at radius 2 is 2.03 bits per heavy atom. The van der Waals surface area contributed by atoms with Crippen LogP contribution >= 0.6 is 12.2 Å². The fourth-order valence-electron chi connectivity index (χ4n) is 6.20. The molecule has 156 valence electrons. The number of anilines is 1. The summed E-state index contributed by atoms with van der Waals surface area (Å²) in [5.41, 5.74) is 2.71. The van der Waals surface area contributed by atoms with Gasteiger partial charge >= 0.3 is 0 Å². The molecule has 4 aliphatic rings. The molecule has 1 aromatic rings. The zero-order valence-corrected chi connectivity index (χ0v) is 18.3. The maximum atomic E-state index is 5.91. The zero-order valence-electron chi connectivity index (χ0n) is 17.5. The Balaban J connectivity index is 1.33. The van der Waals surface area contributed by atoms with Crippen molar-refractivity contribution >= 4 is 23.0 Å². The van der Waals surface area contributed by atoms with E-state index in [1.807, 2.05) is 19.1 Å². The van der Waals surface area contributed by atoms with Crippen molar-refractivity contribution in [2.75, 3.05) is 31.6 Å². The summed E-state index contributed by atoms with van der Waals surface area (Å²) in [5.74, 6) is 2.39. The molecule has 1 N–H and O–H groups in total. The van der Waals surface area contributed by atoms with Crippen LogP contribution in [-0.4, -0.2) is 53.2 Å². The molecule has 0 saturated carbocycles. The Labute approximate surface area is 180 Å². The van der Waals surface area contributed by atoms with Crippen molar-refractivity contribution in [3.63, 3.8) is 0 Å². The van der Waals surface area contributed by atoms with Crippen molar-refractivity contribution in [3.8, 4) is 5.75 Å². The van der Waals surface area contributed by atoms with E-state index in [0.29, 0.717) is 12.6 Å². The van der Waals surface area contributed by atoms with Gasteiger partial charge in [0.05, 0.1) is 12.6 Å². The molecule has 1 aromatic carbocycles. The van der Waals surface area contributed by atoms with Crippen LogP contribution in [0, 0.1) is 11.8 Å². The van der Waals surface area contributed by atoms with Gasteiger partial charge in [-0.1, -0.05) is 18.1 Å². The number of rotatable bonds is 3. The van der Waals surface area contributed by atoms with E-state index in [-0.39, 0.29) is 0 Å². The minimum atomic E-state index is 0.491. The van der Waals surface area contributed by atoms with Gasteiger partial charge in [-0.2, -0.15) is 0 Å². The third kappa shape index (κ3) is 3.79. The second kappa shape index (κ2) is 8.27. The minimum Gasteiger partial charge on any atom is -0.494 e. The van der Waals surface area contributed by atoms with E-state index >= 15 is 0 Å². The molecule has 0 spiro atoms. The number of likely N-dealkylation sites (tertiary alicyclic amines) is 1. The van der Waals surface area contributed by atoms with Gasteiger partial charge in [0.15, 0.2) is 5.11 Å². The van der Waals surface area contributed by atoms with E-state index < -0.39 is 0 Å². The van der Waals surface area contributed by atoms with E-state index in [2.05, 4.69) is 33.3 Å². The predicted octanol–water partition coefficient (Wildman–Crippen LogP) is 4.68. The van der Waals surface area contributed by atoms with Crippen molar-refractivity contribution in [3.05, 3.63) is 35.9 Å². The topological polar surface area (TPSA) is 27.7 Å². The molecule has 2 unspecified atom stereocenters. The van der Waals surface area contributed by atoms with E-state index in [1.54, 1.807) is 5.57 Å². The smallest absolute Gasteiger partial charge is 0.173 e. The molecule has 3 saturated heterocycles. The molecule has 0 amide bonds. The first-order valence-corrected chi connectivity index (χ1v) is 11.9. The van der Waals surface area contributed by atoms with Crippen LogP contribution in [0.4, 0.5) is 5.69 Å². The molecule has 0 aromatic heterocycles. The van der Waals surface area contributed by atoms with Crippen molar-refractivity contribution in [2.45, 2.75) is 57.5 Å². The highest BCUT2D eigenvalue weighted by atomic mass is 32.1. The molecule has 4 nitrogen and oxygen atoms in total. The summed E-state index contributed by atoms with van der Waals surface area (Å²) in [5, 5.41) is 4.38. The lowest BCUT2D eigenvalue weighted by molar-refractivity contribution is 0.0132. The number of nitrogens with one attached hydrogen (secondary N) is 1. The summed E-state index contributed by atoms with van der Waals surface area (Å²) in [4.78, 5) is 5.29. The van der Waals surface area contributed by atoms with Gasteiger partial charge in [0.25, 0.3) is 0 Å². The van der Waals surface area contributed by atoms with Crippen LogP contribution in [0.15, 0.2) is 35.9 Å². The number of hydrogen-bond acceptors (Lipinski definition) is 3. The van der Waals surface area contributed by atoms with Crippen molar-refractivity contribution in [1.29, 1.82) is 0 Å². The Kier molecular flexibility index (Phi) is 5.53. The van der Waals surface area contributed by atoms with E-state index in [4.69, 9.17) is 17.0 Å². The number of piperidine rings is 3. The predicted molar refractivity (Wildman–Crippen MR) is 122 cm³/mol. The highest BCUT2D eigenvalue weighted by Gasteiger charge is 2.46. The summed E-state index contributed by atoms with van der Waals surface area (Å²) in [7, 11) is 0. The molecular formula is C24H33N3OS. The van der Waals surface area contributed by atoms with Crippen LogP contribution in [0.25, 0.3) is 0 Å². The number of hydrogen-bond donors (Lipinski definition) is 1. The highest BCUT2D eigenvalue weighted by Crippen LogP contribution is 2.45. The molecule has 3 heterocycles. The van der Waals surface area contributed by atoms with Gasteiger partial charge in [-0.3, -0.25) is 4.90 Å².